The standard InChI is InChI=1S/C7H6.H2S/c1-2-7-4-3-6(1)5-7;/h1-4H,5H2;1H2. The molecule has 0 saturated heterocycles. The van der Waals surface area contributed by atoms with Crippen molar-refractivity contribution in [3.05, 3.63) is 35.5 Å². The molecule has 0 N–H and O–H groups in total. The summed E-state index contributed by atoms with van der Waals surface area (Å²) in [6.07, 6.45) is 9.90. The molecular weight excluding hydrogens is 116 g/mol. The number of allylic oxidation sites excluding steroid dienone is 6. The van der Waals surface area contributed by atoms with Crippen molar-refractivity contribution in [2.75, 3.05) is 0 Å². The number of hydrogen-bond acceptors (Lipinski definition) is 0. The van der Waals surface area contributed by atoms with Gasteiger partial charge in [0.2, 0.25) is 0 Å². The molecule has 8 heavy (non-hydrogen) atoms. The highest BCUT2D eigenvalue weighted by molar-refractivity contribution is 7.59. The first kappa shape index (κ1) is 5.70. The summed E-state index contributed by atoms with van der Waals surface area (Å²) >= 11 is 0. The number of fused-ring (bicyclic) bond motifs is 2. The molecule has 2 rings (SSSR count). The van der Waals surface area contributed by atoms with Gasteiger partial charge in [-0.3, -0.25) is 0 Å². The maximum atomic E-state index is 2.18. The SMILES string of the molecule is C1=CC2=CC=C1C2.S. The Balaban J connectivity index is 0.000000320. The Labute approximate surface area is 56.0 Å². The zero-order valence-corrected chi connectivity index (χ0v) is 5.52. The maximum absolute atomic E-state index is 2.18. The van der Waals surface area contributed by atoms with Crippen molar-refractivity contribution in [3.8, 4) is 0 Å². The molecule has 0 unspecified atom stereocenters. The van der Waals surface area contributed by atoms with Gasteiger partial charge in [-0.2, -0.15) is 13.5 Å². The second-order valence-electron chi connectivity index (χ2n) is 1.99. The normalized spacial score (nSPS) is 20.0. The van der Waals surface area contributed by atoms with Gasteiger partial charge in [0.15, 0.2) is 0 Å². The second-order valence-corrected chi connectivity index (χ2v) is 1.99. The zero-order valence-electron chi connectivity index (χ0n) is 4.52. The lowest BCUT2D eigenvalue weighted by Crippen LogP contribution is -1.59. The van der Waals surface area contributed by atoms with Crippen LogP contribution in [0.15, 0.2) is 35.5 Å². The van der Waals surface area contributed by atoms with Gasteiger partial charge in [0.25, 0.3) is 0 Å². The van der Waals surface area contributed by atoms with Gasteiger partial charge in [-0.15, -0.1) is 0 Å². The molecule has 0 fully saturated rings. The van der Waals surface area contributed by atoms with Crippen LogP contribution in [0.2, 0.25) is 0 Å². The van der Waals surface area contributed by atoms with E-state index in [-0.39, 0.29) is 13.5 Å². The van der Waals surface area contributed by atoms with Gasteiger partial charge < -0.3 is 0 Å². The molecule has 2 aliphatic carbocycles. The molecule has 42 valence electrons. The van der Waals surface area contributed by atoms with Gasteiger partial charge in [-0.1, -0.05) is 24.3 Å². The summed E-state index contributed by atoms with van der Waals surface area (Å²) < 4.78 is 0. The van der Waals surface area contributed by atoms with Crippen LogP contribution in [-0.2, 0) is 0 Å². The highest BCUT2D eigenvalue weighted by Crippen LogP contribution is 2.27. The monoisotopic (exact) mass is 124 g/mol. The van der Waals surface area contributed by atoms with Gasteiger partial charge in [0, 0.05) is 0 Å². The molecule has 0 aromatic carbocycles. The van der Waals surface area contributed by atoms with E-state index in [4.69, 9.17) is 0 Å². The number of hydrogen-bond donors (Lipinski definition) is 0. The largest absolute Gasteiger partial charge is 0.197 e. The zero-order chi connectivity index (χ0) is 4.69. The molecule has 0 nitrogen and oxygen atoms in total. The Kier molecular flexibility index (Phi) is 1.30. The summed E-state index contributed by atoms with van der Waals surface area (Å²) in [5.74, 6) is 0. The van der Waals surface area contributed by atoms with Crippen LogP contribution < -0.4 is 0 Å². The quantitative estimate of drug-likeness (QED) is 0.463. The highest BCUT2D eigenvalue weighted by Gasteiger charge is 2.07. The van der Waals surface area contributed by atoms with Gasteiger partial charge >= 0.3 is 0 Å². The Bertz CT molecular complexity index is 165. The van der Waals surface area contributed by atoms with Crippen LogP contribution in [0, 0.1) is 0 Å². The molecule has 0 saturated carbocycles. The predicted molar refractivity (Wildman–Crippen MR) is 40.3 cm³/mol. The minimum absolute atomic E-state index is 0. The van der Waals surface area contributed by atoms with E-state index in [0.717, 1.165) is 0 Å². The fourth-order valence-electron chi connectivity index (χ4n) is 1.01. The van der Waals surface area contributed by atoms with Crippen molar-refractivity contribution in [2.24, 2.45) is 0 Å². The summed E-state index contributed by atoms with van der Waals surface area (Å²) in [5, 5.41) is 0. The average molecular weight is 124 g/mol. The van der Waals surface area contributed by atoms with E-state index in [1.807, 2.05) is 0 Å². The van der Waals surface area contributed by atoms with Crippen molar-refractivity contribution < 1.29 is 0 Å². The van der Waals surface area contributed by atoms with Crippen LogP contribution in [-0.4, -0.2) is 0 Å². The molecule has 0 heterocycles. The van der Waals surface area contributed by atoms with Crippen LogP contribution in [0.1, 0.15) is 6.42 Å². The van der Waals surface area contributed by atoms with Crippen LogP contribution in [0.3, 0.4) is 0 Å². The summed E-state index contributed by atoms with van der Waals surface area (Å²) in [6.45, 7) is 0. The lowest BCUT2D eigenvalue weighted by atomic mass is 10.3. The Hall–Kier alpha value is -0.430. The second kappa shape index (κ2) is 1.82. The lowest BCUT2D eigenvalue weighted by Gasteiger charge is -1.77. The van der Waals surface area contributed by atoms with E-state index in [0.29, 0.717) is 0 Å². The van der Waals surface area contributed by atoms with E-state index in [1.54, 1.807) is 0 Å². The van der Waals surface area contributed by atoms with E-state index in [1.165, 1.54) is 17.6 Å². The van der Waals surface area contributed by atoms with E-state index < -0.39 is 0 Å². The molecule has 0 amide bonds. The first-order chi connectivity index (χ1) is 3.45. The molecule has 0 aliphatic heterocycles. The van der Waals surface area contributed by atoms with Crippen molar-refractivity contribution >= 4 is 13.5 Å². The highest BCUT2D eigenvalue weighted by atomic mass is 32.1. The molecule has 0 radical (unpaired) electrons. The van der Waals surface area contributed by atoms with Crippen LogP contribution in [0.25, 0.3) is 0 Å². The average Bonchev–Trinajstić information content (AvgIpc) is 2.22. The fourth-order valence-corrected chi connectivity index (χ4v) is 1.01. The van der Waals surface area contributed by atoms with E-state index in [2.05, 4.69) is 24.3 Å². The molecule has 2 bridgehead atoms. The molecular formula is C7H8S. The number of rotatable bonds is 0. The Morgan fingerprint density at radius 2 is 1.50 bits per heavy atom. The van der Waals surface area contributed by atoms with E-state index in [9.17, 15) is 0 Å². The first-order valence-electron chi connectivity index (χ1n) is 2.53. The summed E-state index contributed by atoms with van der Waals surface area (Å²) in [5.41, 5.74) is 2.94. The third-order valence-electron chi connectivity index (χ3n) is 1.43. The fraction of sp³-hybridized carbons (Fsp3) is 0.143. The van der Waals surface area contributed by atoms with Crippen molar-refractivity contribution in [1.82, 2.24) is 0 Å². The topological polar surface area (TPSA) is 0 Å². The predicted octanol–water partition coefficient (Wildman–Crippen LogP) is 1.93. The molecule has 2 aliphatic rings. The van der Waals surface area contributed by atoms with Gasteiger partial charge in [0.05, 0.1) is 0 Å². The summed E-state index contributed by atoms with van der Waals surface area (Å²) in [6, 6.07) is 0. The van der Waals surface area contributed by atoms with Gasteiger partial charge in [-0.05, 0) is 17.6 Å². The molecule has 1 heteroatoms. The maximum Gasteiger partial charge on any atom is -0.00258 e. The van der Waals surface area contributed by atoms with Crippen molar-refractivity contribution in [3.63, 3.8) is 0 Å². The minimum atomic E-state index is 0. The third-order valence-corrected chi connectivity index (χ3v) is 1.43. The van der Waals surface area contributed by atoms with Crippen LogP contribution in [0.4, 0.5) is 0 Å². The minimum Gasteiger partial charge on any atom is -0.197 e. The molecule has 0 spiro atoms. The molecule has 0 atom stereocenters. The molecule has 0 aromatic rings. The van der Waals surface area contributed by atoms with Crippen LogP contribution >= 0.6 is 13.5 Å². The smallest absolute Gasteiger partial charge is 0.00258 e. The lowest BCUT2D eigenvalue weighted by molar-refractivity contribution is 1.32. The molecule has 0 aromatic heterocycles. The van der Waals surface area contributed by atoms with Crippen molar-refractivity contribution in [2.45, 2.75) is 6.42 Å². The first-order valence-corrected chi connectivity index (χ1v) is 2.53. The van der Waals surface area contributed by atoms with E-state index >= 15 is 0 Å². The van der Waals surface area contributed by atoms with Gasteiger partial charge in [0.1, 0.15) is 0 Å². The van der Waals surface area contributed by atoms with Crippen LogP contribution in [0.5, 0.6) is 0 Å². The summed E-state index contributed by atoms with van der Waals surface area (Å²) in [7, 11) is 0. The van der Waals surface area contributed by atoms with Crippen molar-refractivity contribution in [1.29, 1.82) is 0 Å². The Morgan fingerprint density at radius 3 is 1.62 bits per heavy atom. The van der Waals surface area contributed by atoms with Gasteiger partial charge in [-0.25, -0.2) is 0 Å². The Morgan fingerprint density at radius 1 is 1.00 bits per heavy atom. The summed E-state index contributed by atoms with van der Waals surface area (Å²) in [4.78, 5) is 0. The third kappa shape index (κ3) is 0.632.